The second kappa shape index (κ2) is 6.04. The zero-order valence-corrected chi connectivity index (χ0v) is 12.9. The quantitative estimate of drug-likeness (QED) is 0.923. The molecule has 0 saturated carbocycles. The van der Waals surface area contributed by atoms with Crippen LogP contribution >= 0.6 is 11.6 Å². The van der Waals surface area contributed by atoms with Crippen LogP contribution in [0.15, 0.2) is 18.2 Å². The minimum absolute atomic E-state index is 0.00772. The molecule has 0 spiro atoms. The summed E-state index contributed by atoms with van der Waals surface area (Å²) in [7, 11) is 0. The summed E-state index contributed by atoms with van der Waals surface area (Å²) in [6, 6.07) is 4.23. The van der Waals surface area contributed by atoms with Crippen molar-refractivity contribution in [3.8, 4) is 0 Å². The molecule has 1 saturated heterocycles. The highest BCUT2D eigenvalue weighted by atomic mass is 35.5. The molecule has 2 heterocycles. The number of amides is 1. The Morgan fingerprint density at radius 3 is 3.00 bits per heavy atom. The van der Waals surface area contributed by atoms with Crippen molar-refractivity contribution in [2.45, 2.75) is 32.2 Å². The van der Waals surface area contributed by atoms with Gasteiger partial charge in [-0.25, -0.2) is 9.37 Å². The summed E-state index contributed by atoms with van der Waals surface area (Å²) in [6.45, 7) is 2.37. The molecule has 0 aliphatic carbocycles. The van der Waals surface area contributed by atoms with Crippen molar-refractivity contribution in [3.63, 3.8) is 0 Å². The first-order valence-corrected chi connectivity index (χ1v) is 7.59. The lowest BCUT2D eigenvalue weighted by Gasteiger charge is -2.34. The van der Waals surface area contributed by atoms with E-state index in [2.05, 4.69) is 15.2 Å². The van der Waals surface area contributed by atoms with E-state index in [-0.39, 0.29) is 22.5 Å². The SMILES string of the molecule is Cc1nc([C@H]2CCCCN2C(=O)c2cccc(Cl)c2F)n[nH]1. The fourth-order valence-electron chi connectivity index (χ4n) is 2.78. The highest BCUT2D eigenvalue weighted by Crippen LogP contribution is 2.31. The van der Waals surface area contributed by atoms with Crippen molar-refractivity contribution in [2.75, 3.05) is 6.54 Å². The first-order valence-electron chi connectivity index (χ1n) is 7.22. The van der Waals surface area contributed by atoms with E-state index in [9.17, 15) is 9.18 Å². The van der Waals surface area contributed by atoms with Gasteiger partial charge in [-0.05, 0) is 38.3 Å². The van der Waals surface area contributed by atoms with Gasteiger partial charge in [-0.1, -0.05) is 17.7 Å². The smallest absolute Gasteiger partial charge is 0.257 e. The first kappa shape index (κ1) is 15.0. The molecule has 1 aliphatic heterocycles. The van der Waals surface area contributed by atoms with Crippen LogP contribution in [0.5, 0.6) is 0 Å². The van der Waals surface area contributed by atoms with E-state index in [4.69, 9.17) is 11.6 Å². The lowest BCUT2D eigenvalue weighted by molar-refractivity contribution is 0.0595. The molecular weight excluding hydrogens is 307 g/mol. The van der Waals surface area contributed by atoms with Crippen molar-refractivity contribution in [1.82, 2.24) is 20.1 Å². The average molecular weight is 323 g/mol. The number of nitrogens with one attached hydrogen (secondary N) is 1. The van der Waals surface area contributed by atoms with Gasteiger partial charge in [0.15, 0.2) is 11.6 Å². The highest BCUT2D eigenvalue weighted by molar-refractivity contribution is 6.31. The number of rotatable bonds is 2. The molecule has 3 rings (SSSR count). The second-order valence-electron chi connectivity index (χ2n) is 5.39. The Hall–Kier alpha value is -1.95. The molecule has 7 heteroatoms. The van der Waals surface area contributed by atoms with Crippen LogP contribution in [-0.4, -0.2) is 32.5 Å². The molecule has 0 unspecified atom stereocenters. The van der Waals surface area contributed by atoms with Gasteiger partial charge in [0.05, 0.1) is 16.6 Å². The molecule has 116 valence electrons. The summed E-state index contributed by atoms with van der Waals surface area (Å²) in [5.41, 5.74) is -0.00772. The maximum absolute atomic E-state index is 14.1. The molecular formula is C15H16ClFN4O. The van der Waals surface area contributed by atoms with E-state index >= 15 is 0 Å². The number of hydrogen-bond acceptors (Lipinski definition) is 3. The number of halogens is 2. The van der Waals surface area contributed by atoms with Gasteiger partial charge in [0.25, 0.3) is 5.91 Å². The van der Waals surface area contributed by atoms with Gasteiger partial charge in [-0.3, -0.25) is 9.89 Å². The predicted molar refractivity (Wildman–Crippen MR) is 80.2 cm³/mol. The Morgan fingerprint density at radius 1 is 1.45 bits per heavy atom. The third-order valence-corrected chi connectivity index (χ3v) is 4.15. The van der Waals surface area contributed by atoms with E-state index in [0.717, 1.165) is 19.3 Å². The average Bonchev–Trinajstić information content (AvgIpc) is 2.96. The zero-order valence-electron chi connectivity index (χ0n) is 12.1. The molecule has 1 amide bonds. The zero-order chi connectivity index (χ0) is 15.7. The van der Waals surface area contributed by atoms with Crippen molar-refractivity contribution < 1.29 is 9.18 Å². The number of aryl methyl sites for hydroxylation is 1. The molecule has 1 N–H and O–H groups in total. The minimum atomic E-state index is -0.676. The summed E-state index contributed by atoms with van der Waals surface area (Å²) in [5.74, 6) is 0.228. The van der Waals surface area contributed by atoms with E-state index in [1.807, 2.05) is 6.92 Å². The number of nitrogens with zero attached hydrogens (tertiary/aromatic N) is 3. The Balaban J connectivity index is 1.93. The first-order chi connectivity index (χ1) is 10.6. The number of benzene rings is 1. The van der Waals surface area contributed by atoms with Gasteiger partial charge in [-0.2, -0.15) is 5.10 Å². The summed E-state index contributed by atoms with van der Waals surface area (Å²) >= 11 is 5.78. The number of piperidine rings is 1. The largest absolute Gasteiger partial charge is 0.328 e. The molecule has 2 aromatic rings. The molecule has 1 atom stereocenters. The maximum atomic E-state index is 14.1. The standard InChI is InChI=1S/C15H16ClFN4O/c1-9-18-14(20-19-9)12-7-2-3-8-21(12)15(22)10-5-4-6-11(16)13(10)17/h4-6,12H,2-3,7-8H2,1H3,(H,18,19,20)/t12-/m1/s1. The van der Waals surface area contributed by atoms with E-state index in [1.165, 1.54) is 12.1 Å². The van der Waals surface area contributed by atoms with Crippen molar-refractivity contribution in [1.29, 1.82) is 0 Å². The number of aromatic amines is 1. The number of carbonyl (C=O) groups excluding carboxylic acids is 1. The van der Waals surface area contributed by atoms with E-state index in [1.54, 1.807) is 11.0 Å². The number of H-pyrrole nitrogens is 1. The molecule has 1 aromatic heterocycles. The summed E-state index contributed by atoms with van der Waals surface area (Å²) < 4.78 is 14.1. The maximum Gasteiger partial charge on any atom is 0.257 e. The third-order valence-electron chi connectivity index (χ3n) is 3.86. The van der Waals surface area contributed by atoms with Gasteiger partial charge >= 0.3 is 0 Å². The van der Waals surface area contributed by atoms with Crippen molar-refractivity contribution in [2.24, 2.45) is 0 Å². The molecule has 1 aliphatic rings. The van der Waals surface area contributed by atoms with Gasteiger partial charge in [-0.15, -0.1) is 0 Å². The van der Waals surface area contributed by atoms with Crippen LogP contribution in [0.3, 0.4) is 0 Å². The fourth-order valence-corrected chi connectivity index (χ4v) is 2.95. The molecule has 0 radical (unpaired) electrons. The van der Waals surface area contributed by atoms with Crippen LogP contribution in [0, 0.1) is 12.7 Å². The Morgan fingerprint density at radius 2 is 2.27 bits per heavy atom. The molecule has 1 fully saturated rings. The van der Waals surface area contributed by atoms with Gasteiger partial charge in [0, 0.05) is 6.54 Å². The monoisotopic (exact) mass is 322 g/mol. The van der Waals surface area contributed by atoms with Crippen molar-refractivity contribution >= 4 is 17.5 Å². The van der Waals surface area contributed by atoms with Gasteiger partial charge in [0.2, 0.25) is 0 Å². The van der Waals surface area contributed by atoms with Gasteiger partial charge < -0.3 is 4.90 Å². The van der Waals surface area contributed by atoms with Crippen LogP contribution in [0.2, 0.25) is 5.02 Å². The molecule has 0 bridgehead atoms. The van der Waals surface area contributed by atoms with E-state index in [0.29, 0.717) is 18.2 Å². The summed E-state index contributed by atoms with van der Waals surface area (Å²) in [6.07, 6.45) is 2.64. The number of aromatic nitrogens is 3. The number of likely N-dealkylation sites (tertiary alicyclic amines) is 1. The molecule has 22 heavy (non-hydrogen) atoms. The van der Waals surface area contributed by atoms with Crippen LogP contribution < -0.4 is 0 Å². The summed E-state index contributed by atoms with van der Waals surface area (Å²) in [4.78, 5) is 18.7. The Kier molecular flexibility index (Phi) is 4.11. The molecule has 5 nitrogen and oxygen atoms in total. The normalized spacial score (nSPS) is 18.5. The number of hydrogen-bond donors (Lipinski definition) is 1. The minimum Gasteiger partial charge on any atom is -0.328 e. The number of carbonyl (C=O) groups is 1. The Labute approximate surface area is 132 Å². The lowest BCUT2D eigenvalue weighted by Crippen LogP contribution is -2.39. The van der Waals surface area contributed by atoms with E-state index < -0.39 is 5.82 Å². The van der Waals surface area contributed by atoms with Crippen LogP contribution in [-0.2, 0) is 0 Å². The summed E-state index contributed by atoms with van der Waals surface area (Å²) in [5, 5.41) is 6.90. The Bertz CT molecular complexity index is 703. The molecule has 1 aromatic carbocycles. The van der Waals surface area contributed by atoms with Crippen LogP contribution in [0.25, 0.3) is 0 Å². The second-order valence-corrected chi connectivity index (χ2v) is 5.80. The fraction of sp³-hybridized carbons (Fsp3) is 0.400. The predicted octanol–water partition coefficient (Wildman–Crippen LogP) is 3.27. The third kappa shape index (κ3) is 2.70. The lowest BCUT2D eigenvalue weighted by atomic mass is 10.00. The highest BCUT2D eigenvalue weighted by Gasteiger charge is 2.32. The van der Waals surface area contributed by atoms with Crippen LogP contribution in [0.4, 0.5) is 4.39 Å². The van der Waals surface area contributed by atoms with Crippen molar-refractivity contribution in [3.05, 3.63) is 46.3 Å². The van der Waals surface area contributed by atoms with Gasteiger partial charge in [0.1, 0.15) is 5.82 Å². The van der Waals surface area contributed by atoms with Crippen LogP contribution in [0.1, 0.15) is 47.3 Å². The topological polar surface area (TPSA) is 61.9 Å².